The number of carboxylic acids is 1. The largest absolute Gasteiger partial charge is 0.480 e. The number of ketones is 1. The van der Waals surface area contributed by atoms with E-state index in [0.717, 1.165) is 5.56 Å². The molecule has 102 valence electrons. The van der Waals surface area contributed by atoms with Gasteiger partial charge in [0.1, 0.15) is 6.04 Å². The molecule has 0 saturated heterocycles. The number of rotatable bonds is 5. The minimum atomic E-state index is -1.03. The lowest BCUT2D eigenvalue weighted by Crippen LogP contribution is -2.32. The molecule has 4 nitrogen and oxygen atoms in total. The first kappa shape index (κ1) is 14.0. The topological polar surface area (TPSA) is 80.4 Å². The van der Waals surface area contributed by atoms with E-state index >= 15 is 0 Å². The SMILES string of the molecule is N[C@@H](Cc1ccc(C(=O)c2ccccc2)cc1)C(=O)O. The molecule has 0 fully saturated rings. The van der Waals surface area contributed by atoms with Crippen LogP contribution < -0.4 is 5.73 Å². The molecule has 0 aliphatic carbocycles. The molecule has 3 N–H and O–H groups in total. The predicted molar refractivity (Wildman–Crippen MR) is 75.6 cm³/mol. The first-order valence-electron chi connectivity index (χ1n) is 6.25. The van der Waals surface area contributed by atoms with Crippen molar-refractivity contribution in [2.75, 3.05) is 0 Å². The van der Waals surface area contributed by atoms with Crippen LogP contribution in [0, 0.1) is 0 Å². The van der Waals surface area contributed by atoms with Gasteiger partial charge in [0, 0.05) is 11.1 Å². The van der Waals surface area contributed by atoms with E-state index in [1.54, 1.807) is 36.4 Å². The normalized spacial score (nSPS) is 11.8. The summed E-state index contributed by atoms with van der Waals surface area (Å²) in [5.74, 6) is -1.09. The monoisotopic (exact) mass is 269 g/mol. The average Bonchev–Trinajstić information content (AvgIpc) is 2.48. The van der Waals surface area contributed by atoms with E-state index in [4.69, 9.17) is 10.8 Å². The van der Waals surface area contributed by atoms with Crippen molar-refractivity contribution < 1.29 is 14.7 Å². The van der Waals surface area contributed by atoms with E-state index in [-0.39, 0.29) is 12.2 Å². The van der Waals surface area contributed by atoms with Crippen LogP contribution in [-0.2, 0) is 11.2 Å². The van der Waals surface area contributed by atoms with Gasteiger partial charge in [0.05, 0.1) is 0 Å². The van der Waals surface area contributed by atoms with Gasteiger partial charge < -0.3 is 10.8 Å². The Morgan fingerprint density at radius 1 is 0.950 bits per heavy atom. The molecule has 0 heterocycles. The molecular formula is C16H15NO3. The fraction of sp³-hybridized carbons (Fsp3) is 0.125. The van der Waals surface area contributed by atoms with E-state index in [0.29, 0.717) is 11.1 Å². The van der Waals surface area contributed by atoms with E-state index in [9.17, 15) is 9.59 Å². The van der Waals surface area contributed by atoms with Crippen molar-refractivity contribution in [3.05, 3.63) is 71.3 Å². The quantitative estimate of drug-likeness (QED) is 0.812. The molecule has 4 heteroatoms. The number of hydrogen-bond acceptors (Lipinski definition) is 3. The van der Waals surface area contributed by atoms with Crippen molar-refractivity contribution in [2.45, 2.75) is 12.5 Å². The third-order valence-corrected chi connectivity index (χ3v) is 3.02. The Bertz CT molecular complexity index is 605. The van der Waals surface area contributed by atoms with Gasteiger partial charge in [0.2, 0.25) is 0 Å². The van der Waals surface area contributed by atoms with Crippen LogP contribution in [0.5, 0.6) is 0 Å². The lowest BCUT2D eigenvalue weighted by atomic mass is 10.00. The summed E-state index contributed by atoms with van der Waals surface area (Å²) in [5, 5.41) is 8.76. The van der Waals surface area contributed by atoms with Gasteiger partial charge in [-0.05, 0) is 12.0 Å². The maximum atomic E-state index is 12.2. The second-order valence-corrected chi connectivity index (χ2v) is 4.54. The fourth-order valence-electron chi connectivity index (χ4n) is 1.89. The van der Waals surface area contributed by atoms with Gasteiger partial charge in [-0.25, -0.2) is 0 Å². The Kier molecular flexibility index (Phi) is 4.27. The van der Waals surface area contributed by atoms with Crippen molar-refractivity contribution in [3.63, 3.8) is 0 Å². The van der Waals surface area contributed by atoms with Gasteiger partial charge in [-0.15, -0.1) is 0 Å². The van der Waals surface area contributed by atoms with E-state index in [1.807, 2.05) is 18.2 Å². The molecule has 0 amide bonds. The maximum absolute atomic E-state index is 12.2. The lowest BCUT2D eigenvalue weighted by molar-refractivity contribution is -0.138. The Morgan fingerprint density at radius 3 is 2.05 bits per heavy atom. The molecule has 0 radical (unpaired) electrons. The molecule has 0 unspecified atom stereocenters. The number of carbonyl (C=O) groups excluding carboxylic acids is 1. The first-order chi connectivity index (χ1) is 9.58. The van der Waals surface area contributed by atoms with Crippen molar-refractivity contribution in [1.82, 2.24) is 0 Å². The Labute approximate surface area is 116 Å². The smallest absolute Gasteiger partial charge is 0.320 e. The van der Waals surface area contributed by atoms with Gasteiger partial charge >= 0.3 is 5.97 Å². The molecule has 0 aliphatic rings. The van der Waals surface area contributed by atoms with E-state index < -0.39 is 12.0 Å². The summed E-state index contributed by atoms with van der Waals surface area (Å²) in [6, 6.07) is 14.9. The third-order valence-electron chi connectivity index (χ3n) is 3.02. The van der Waals surface area contributed by atoms with Crippen LogP contribution in [0.15, 0.2) is 54.6 Å². The van der Waals surface area contributed by atoms with Crippen LogP contribution in [0.2, 0.25) is 0 Å². The van der Waals surface area contributed by atoms with Gasteiger partial charge in [0.15, 0.2) is 5.78 Å². The minimum Gasteiger partial charge on any atom is -0.480 e. The summed E-state index contributed by atoms with van der Waals surface area (Å²) in [5.41, 5.74) is 7.47. The number of aliphatic carboxylic acids is 1. The Balaban J connectivity index is 2.12. The number of nitrogens with two attached hydrogens (primary N) is 1. The summed E-state index contributed by atoms with van der Waals surface area (Å²) >= 11 is 0. The minimum absolute atomic E-state index is 0.0558. The fourth-order valence-corrected chi connectivity index (χ4v) is 1.89. The van der Waals surface area contributed by atoms with Gasteiger partial charge in [-0.1, -0.05) is 54.6 Å². The average molecular weight is 269 g/mol. The molecule has 20 heavy (non-hydrogen) atoms. The number of hydrogen-bond donors (Lipinski definition) is 2. The number of carboxylic acid groups (broad SMARTS) is 1. The molecule has 0 saturated carbocycles. The van der Waals surface area contributed by atoms with Crippen molar-refractivity contribution >= 4 is 11.8 Å². The predicted octanol–water partition coefficient (Wildman–Crippen LogP) is 1.87. The molecule has 2 rings (SSSR count). The van der Waals surface area contributed by atoms with Crippen molar-refractivity contribution in [2.24, 2.45) is 5.73 Å². The molecule has 0 spiro atoms. The zero-order valence-electron chi connectivity index (χ0n) is 10.8. The van der Waals surface area contributed by atoms with Crippen LogP contribution >= 0.6 is 0 Å². The number of benzene rings is 2. The van der Waals surface area contributed by atoms with Crippen LogP contribution in [0.3, 0.4) is 0 Å². The highest BCUT2D eigenvalue weighted by Crippen LogP contribution is 2.12. The highest BCUT2D eigenvalue weighted by atomic mass is 16.4. The third kappa shape index (κ3) is 3.30. The molecule has 2 aromatic rings. The van der Waals surface area contributed by atoms with Crippen molar-refractivity contribution in [3.8, 4) is 0 Å². The number of carbonyl (C=O) groups is 2. The molecule has 2 aromatic carbocycles. The Morgan fingerprint density at radius 2 is 1.50 bits per heavy atom. The van der Waals surface area contributed by atoms with Gasteiger partial charge in [-0.2, -0.15) is 0 Å². The summed E-state index contributed by atoms with van der Waals surface area (Å²) in [6.45, 7) is 0. The second-order valence-electron chi connectivity index (χ2n) is 4.54. The van der Waals surface area contributed by atoms with Crippen LogP contribution in [0.1, 0.15) is 21.5 Å². The molecule has 0 aliphatic heterocycles. The molecule has 1 atom stereocenters. The summed E-state index contributed by atoms with van der Waals surface area (Å²) in [4.78, 5) is 22.9. The molecular weight excluding hydrogens is 254 g/mol. The second kappa shape index (κ2) is 6.12. The summed E-state index contributed by atoms with van der Waals surface area (Å²) < 4.78 is 0. The van der Waals surface area contributed by atoms with Gasteiger partial charge in [0.25, 0.3) is 0 Å². The van der Waals surface area contributed by atoms with E-state index in [2.05, 4.69) is 0 Å². The van der Waals surface area contributed by atoms with Crippen LogP contribution in [0.25, 0.3) is 0 Å². The van der Waals surface area contributed by atoms with E-state index in [1.165, 1.54) is 0 Å². The van der Waals surface area contributed by atoms with Crippen LogP contribution in [0.4, 0.5) is 0 Å². The lowest BCUT2D eigenvalue weighted by Gasteiger charge is -2.07. The maximum Gasteiger partial charge on any atom is 0.320 e. The zero-order chi connectivity index (χ0) is 14.5. The summed E-state index contributed by atoms with van der Waals surface area (Å²) in [7, 11) is 0. The highest BCUT2D eigenvalue weighted by molar-refractivity contribution is 6.08. The first-order valence-corrected chi connectivity index (χ1v) is 6.25. The Hall–Kier alpha value is -2.46. The summed E-state index contributed by atoms with van der Waals surface area (Å²) in [6.07, 6.45) is 0.245. The standard InChI is InChI=1S/C16H15NO3/c17-14(16(19)20)10-11-6-8-13(9-7-11)15(18)12-4-2-1-3-5-12/h1-9,14H,10,17H2,(H,19,20)/t14-/m0/s1. The van der Waals surface area contributed by atoms with Gasteiger partial charge in [-0.3, -0.25) is 9.59 Å². The molecule has 0 aromatic heterocycles. The van der Waals surface area contributed by atoms with Crippen LogP contribution in [-0.4, -0.2) is 22.9 Å². The van der Waals surface area contributed by atoms with Crippen molar-refractivity contribution in [1.29, 1.82) is 0 Å². The highest BCUT2D eigenvalue weighted by Gasteiger charge is 2.13. The molecule has 0 bridgehead atoms. The zero-order valence-corrected chi connectivity index (χ0v) is 10.8.